The van der Waals surface area contributed by atoms with Gasteiger partial charge in [0.05, 0.1) is 29.8 Å². The molecule has 0 saturated heterocycles. The van der Waals surface area contributed by atoms with E-state index >= 15 is 0 Å². The normalized spacial score (nSPS) is 10.5. The molecule has 1 N–H and O–H groups in total. The highest BCUT2D eigenvalue weighted by atomic mass is 16.5. The van der Waals surface area contributed by atoms with Crippen LogP contribution < -0.4 is 0 Å². The fraction of sp³-hybridized carbons (Fsp3) is 0.286. The summed E-state index contributed by atoms with van der Waals surface area (Å²) >= 11 is 0. The van der Waals surface area contributed by atoms with Gasteiger partial charge in [0.25, 0.3) is 0 Å². The van der Waals surface area contributed by atoms with E-state index in [9.17, 15) is 14.7 Å². The van der Waals surface area contributed by atoms with Crippen LogP contribution in [0, 0.1) is 20.8 Å². The van der Waals surface area contributed by atoms with Crippen LogP contribution in [-0.2, 0) is 4.74 Å². The molecule has 2 heterocycles. The van der Waals surface area contributed by atoms with E-state index in [0.29, 0.717) is 28.5 Å². The summed E-state index contributed by atoms with van der Waals surface area (Å²) in [6.07, 6.45) is 0. The van der Waals surface area contributed by atoms with E-state index in [1.54, 1.807) is 32.9 Å². The first-order valence-corrected chi connectivity index (χ1v) is 6.22. The second kappa shape index (κ2) is 5.35. The lowest BCUT2D eigenvalue weighted by molar-refractivity contribution is 0.0598. The lowest BCUT2D eigenvalue weighted by Gasteiger charge is -2.07. The zero-order valence-corrected chi connectivity index (χ0v) is 12.2. The Morgan fingerprint density at radius 1 is 1.19 bits per heavy atom. The van der Waals surface area contributed by atoms with Crippen LogP contribution in [-0.4, -0.2) is 38.9 Å². The number of carbonyl (C=O) groups is 2. The largest absolute Gasteiger partial charge is 0.478 e. The average Bonchev–Trinajstić information content (AvgIpc) is 2.73. The van der Waals surface area contributed by atoms with Gasteiger partial charge in [0.1, 0.15) is 5.56 Å². The van der Waals surface area contributed by atoms with Gasteiger partial charge in [-0.25, -0.2) is 19.3 Å². The Morgan fingerprint density at radius 3 is 2.33 bits per heavy atom. The van der Waals surface area contributed by atoms with Gasteiger partial charge in [-0.3, -0.25) is 0 Å². The molecular formula is C14H15N3O4. The third-order valence-corrected chi connectivity index (χ3v) is 3.20. The number of pyridine rings is 1. The highest BCUT2D eigenvalue weighted by Crippen LogP contribution is 2.18. The van der Waals surface area contributed by atoms with Gasteiger partial charge in [0, 0.05) is 0 Å². The summed E-state index contributed by atoms with van der Waals surface area (Å²) in [6, 6.07) is 3.19. The summed E-state index contributed by atoms with van der Waals surface area (Å²) in [4.78, 5) is 27.0. The number of aromatic nitrogens is 3. The number of methoxy groups -OCH3 is 1. The van der Waals surface area contributed by atoms with Crippen molar-refractivity contribution in [1.82, 2.24) is 14.8 Å². The van der Waals surface area contributed by atoms with E-state index in [2.05, 4.69) is 14.8 Å². The second-order valence-corrected chi connectivity index (χ2v) is 4.56. The molecule has 0 radical (unpaired) electrons. The molecule has 0 spiro atoms. The molecule has 0 bridgehead atoms. The molecule has 0 fully saturated rings. The van der Waals surface area contributed by atoms with Crippen molar-refractivity contribution < 1.29 is 19.4 Å². The van der Waals surface area contributed by atoms with E-state index in [1.807, 2.05) is 0 Å². The van der Waals surface area contributed by atoms with Crippen LogP contribution in [0.15, 0.2) is 12.1 Å². The van der Waals surface area contributed by atoms with Crippen molar-refractivity contribution >= 4 is 11.9 Å². The van der Waals surface area contributed by atoms with Gasteiger partial charge in [0.15, 0.2) is 5.82 Å². The molecule has 7 nitrogen and oxygen atoms in total. The van der Waals surface area contributed by atoms with Gasteiger partial charge in [-0.2, -0.15) is 5.10 Å². The first-order chi connectivity index (χ1) is 9.86. The van der Waals surface area contributed by atoms with Crippen LogP contribution in [0.1, 0.15) is 37.8 Å². The van der Waals surface area contributed by atoms with Crippen molar-refractivity contribution in [3.05, 3.63) is 40.3 Å². The van der Waals surface area contributed by atoms with Crippen LogP contribution in [0.25, 0.3) is 5.82 Å². The van der Waals surface area contributed by atoms with Crippen LogP contribution >= 0.6 is 0 Å². The van der Waals surface area contributed by atoms with Gasteiger partial charge in [-0.05, 0) is 32.9 Å². The van der Waals surface area contributed by atoms with Crippen molar-refractivity contribution in [3.63, 3.8) is 0 Å². The number of esters is 1. The van der Waals surface area contributed by atoms with Crippen molar-refractivity contribution in [3.8, 4) is 5.82 Å². The van der Waals surface area contributed by atoms with Crippen molar-refractivity contribution in [1.29, 1.82) is 0 Å². The van der Waals surface area contributed by atoms with Gasteiger partial charge in [-0.15, -0.1) is 0 Å². The lowest BCUT2D eigenvalue weighted by atomic mass is 10.2. The maximum absolute atomic E-state index is 11.5. The number of hydrogen-bond donors (Lipinski definition) is 1. The Balaban J connectivity index is 2.54. The number of carboxylic acids is 1. The Bertz CT molecular complexity index is 734. The first kappa shape index (κ1) is 14.7. The summed E-state index contributed by atoms with van der Waals surface area (Å²) in [5.41, 5.74) is 1.91. The third-order valence-electron chi connectivity index (χ3n) is 3.20. The van der Waals surface area contributed by atoms with Crippen LogP contribution in [0.3, 0.4) is 0 Å². The van der Waals surface area contributed by atoms with Crippen molar-refractivity contribution in [2.45, 2.75) is 20.8 Å². The summed E-state index contributed by atoms with van der Waals surface area (Å²) in [6.45, 7) is 4.97. The van der Waals surface area contributed by atoms with Crippen LogP contribution in [0.2, 0.25) is 0 Å². The zero-order chi connectivity index (χ0) is 15.7. The Kier molecular flexibility index (Phi) is 3.75. The molecule has 0 aliphatic heterocycles. The number of hydrogen-bond acceptors (Lipinski definition) is 5. The maximum atomic E-state index is 11.5. The molecule has 2 aromatic heterocycles. The maximum Gasteiger partial charge on any atom is 0.339 e. The summed E-state index contributed by atoms with van der Waals surface area (Å²) in [5, 5.41) is 13.4. The lowest BCUT2D eigenvalue weighted by Crippen LogP contribution is -2.09. The third kappa shape index (κ3) is 2.49. The van der Waals surface area contributed by atoms with Gasteiger partial charge in [0.2, 0.25) is 0 Å². The number of carbonyl (C=O) groups excluding carboxylic acids is 1. The number of aromatic carboxylic acids is 1. The molecule has 0 saturated carbocycles. The highest BCUT2D eigenvalue weighted by molar-refractivity contribution is 5.91. The number of rotatable bonds is 3. The molecule has 2 aromatic rings. The summed E-state index contributed by atoms with van der Waals surface area (Å²) in [5.74, 6) is -1.04. The Morgan fingerprint density at radius 2 is 1.86 bits per heavy atom. The zero-order valence-electron chi connectivity index (χ0n) is 12.2. The van der Waals surface area contributed by atoms with E-state index in [-0.39, 0.29) is 5.56 Å². The molecule has 2 rings (SSSR count). The summed E-state index contributed by atoms with van der Waals surface area (Å²) in [7, 11) is 1.30. The summed E-state index contributed by atoms with van der Waals surface area (Å²) < 4.78 is 6.11. The Hall–Kier alpha value is -2.70. The SMILES string of the molecule is COC(=O)c1ccc(-n2nc(C)c(C(=O)O)c2C)nc1C. The second-order valence-electron chi connectivity index (χ2n) is 4.56. The van der Waals surface area contributed by atoms with Crippen LogP contribution in [0.5, 0.6) is 0 Å². The molecular weight excluding hydrogens is 274 g/mol. The minimum atomic E-state index is -1.03. The van der Waals surface area contributed by atoms with E-state index < -0.39 is 11.9 Å². The molecule has 0 aromatic carbocycles. The number of ether oxygens (including phenoxy) is 1. The first-order valence-electron chi connectivity index (χ1n) is 6.22. The smallest absolute Gasteiger partial charge is 0.339 e. The number of nitrogens with zero attached hydrogens (tertiary/aromatic N) is 3. The predicted molar refractivity (Wildman–Crippen MR) is 73.9 cm³/mol. The minimum absolute atomic E-state index is 0.159. The Labute approximate surface area is 121 Å². The molecule has 0 amide bonds. The topological polar surface area (TPSA) is 94.3 Å². The van der Waals surface area contributed by atoms with Crippen molar-refractivity contribution in [2.75, 3.05) is 7.11 Å². The quantitative estimate of drug-likeness (QED) is 0.864. The fourth-order valence-electron chi connectivity index (χ4n) is 2.17. The molecule has 0 atom stereocenters. The molecule has 7 heteroatoms. The van der Waals surface area contributed by atoms with Gasteiger partial charge >= 0.3 is 11.9 Å². The van der Waals surface area contributed by atoms with E-state index in [1.165, 1.54) is 11.8 Å². The van der Waals surface area contributed by atoms with Crippen LogP contribution in [0.4, 0.5) is 0 Å². The molecule has 21 heavy (non-hydrogen) atoms. The number of aryl methyl sites for hydroxylation is 2. The predicted octanol–water partition coefficient (Wildman–Crippen LogP) is 1.68. The van der Waals surface area contributed by atoms with E-state index in [0.717, 1.165) is 0 Å². The van der Waals surface area contributed by atoms with Gasteiger partial charge in [-0.1, -0.05) is 0 Å². The highest BCUT2D eigenvalue weighted by Gasteiger charge is 2.20. The van der Waals surface area contributed by atoms with Crippen molar-refractivity contribution in [2.24, 2.45) is 0 Å². The van der Waals surface area contributed by atoms with Gasteiger partial charge < -0.3 is 9.84 Å². The fourth-order valence-corrected chi connectivity index (χ4v) is 2.17. The average molecular weight is 289 g/mol. The molecule has 110 valence electrons. The number of carboxylic acid groups (broad SMARTS) is 1. The molecule has 0 aliphatic carbocycles. The van der Waals surface area contributed by atoms with E-state index in [4.69, 9.17) is 0 Å². The molecule has 0 aliphatic rings. The standard InChI is InChI=1S/C14H15N3O4/c1-7-10(14(20)21-4)5-6-11(15-7)17-9(3)12(13(18)19)8(2)16-17/h5-6H,1-4H3,(H,18,19). The minimum Gasteiger partial charge on any atom is -0.478 e. The monoisotopic (exact) mass is 289 g/mol. The molecule has 0 unspecified atom stereocenters.